The summed E-state index contributed by atoms with van der Waals surface area (Å²) in [5.74, 6) is -0.879. The molecule has 8 heteroatoms. The normalized spacial score (nSPS) is 15.4. The van der Waals surface area contributed by atoms with E-state index >= 15 is 0 Å². The number of rotatable bonds is 6. The number of hydrogen-bond acceptors (Lipinski definition) is 6. The molecule has 0 spiro atoms. The van der Waals surface area contributed by atoms with E-state index < -0.39 is 12.6 Å². The van der Waals surface area contributed by atoms with Gasteiger partial charge in [0.25, 0.3) is 5.91 Å². The summed E-state index contributed by atoms with van der Waals surface area (Å²) in [6.07, 6.45) is 3.65. The highest BCUT2D eigenvalue weighted by Gasteiger charge is 2.33. The van der Waals surface area contributed by atoms with E-state index in [4.69, 9.17) is 22.1 Å². The second kappa shape index (κ2) is 8.60. The summed E-state index contributed by atoms with van der Waals surface area (Å²) in [5, 5.41) is 8.81. The van der Waals surface area contributed by atoms with Crippen LogP contribution in [0.2, 0.25) is 0 Å². The van der Waals surface area contributed by atoms with Crippen molar-refractivity contribution < 1.29 is 19.4 Å². The lowest BCUT2D eigenvalue weighted by Crippen LogP contribution is -2.27. The van der Waals surface area contributed by atoms with Crippen molar-refractivity contribution in [1.82, 2.24) is 0 Å². The van der Waals surface area contributed by atoms with Gasteiger partial charge in [-0.05, 0) is 36.6 Å². The maximum absolute atomic E-state index is 12.9. The summed E-state index contributed by atoms with van der Waals surface area (Å²) < 4.78 is 5.75. The first-order valence-electron chi connectivity index (χ1n) is 7.85. The summed E-state index contributed by atoms with van der Waals surface area (Å²) >= 11 is 8.20. The fraction of sp³-hybridized carbons (Fsp3) is 0.105. The van der Waals surface area contributed by atoms with Crippen molar-refractivity contribution in [2.45, 2.75) is 4.90 Å². The quantitative estimate of drug-likeness (QED) is 0.427. The SMILES string of the molecule is CSc1cccc(N2C(=O)/C(=C\c3ccccc3OCC(=O)O)SC2=S)c1. The monoisotopic (exact) mass is 417 g/mol. The zero-order valence-corrected chi connectivity index (χ0v) is 16.7. The molecule has 0 saturated carbocycles. The number of carbonyl (C=O) groups is 2. The van der Waals surface area contributed by atoms with Crippen molar-refractivity contribution in [3.8, 4) is 5.75 Å². The lowest BCUT2D eigenvalue weighted by Gasteiger charge is -2.15. The van der Waals surface area contributed by atoms with Crippen LogP contribution in [0.25, 0.3) is 6.08 Å². The van der Waals surface area contributed by atoms with Gasteiger partial charge in [-0.15, -0.1) is 11.8 Å². The van der Waals surface area contributed by atoms with Crippen molar-refractivity contribution in [1.29, 1.82) is 0 Å². The third-order valence-electron chi connectivity index (χ3n) is 3.66. The number of thioether (sulfide) groups is 2. The molecule has 1 aliphatic heterocycles. The van der Waals surface area contributed by atoms with E-state index in [9.17, 15) is 9.59 Å². The van der Waals surface area contributed by atoms with E-state index in [1.807, 2.05) is 30.5 Å². The highest BCUT2D eigenvalue weighted by Crippen LogP contribution is 2.37. The largest absolute Gasteiger partial charge is 0.481 e. The molecular formula is C19H15NO4S3. The van der Waals surface area contributed by atoms with Crippen molar-refractivity contribution in [3.05, 3.63) is 59.0 Å². The highest BCUT2D eigenvalue weighted by atomic mass is 32.2. The van der Waals surface area contributed by atoms with Crippen LogP contribution < -0.4 is 9.64 Å². The van der Waals surface area contributed by atoms with Crippen molar-refractivity contribution >= 4 is 63.7 Å². The van der Waals surface area contributed by atoms with Crippen molar-refractivity contribution in [3.63, 3.8) is 0 Å². The molecule has 0 atom stereocenters. The molecule has 5 nitrogen and oxygen atoms in total. The zero-order chi connectivity index (χ0) is 19.4. The van der Waals surface area contributed by atoms with Gasteiger partial charge in [-0.3, -0.25) is 9.69 Å². The third-order valence-corrected chi connectivity index (χ3v) is 5.69. The van der Waals surface area contributed by atoms with E-state index in [2.05, 4.69) is 0 Å². The topological polar surface area (TPSA) is 66.8 Å². The number of aliphatic carboxylic acids is 1. The number of thiocarbonyl (C=S) groups is 1. The predicted octanol–water partition coefficient (Wildman–Crippen LogP) is 4.28. The smallest absolute Gasteiger partial charge is 0.341 e. The van der Waals surface area contributed by atoms with Gasteiger partial charge in [-0.25, -0.2) is 4.79 Å². The molecule has 138 valence electrons. The molecule has 1 aliphatic rings. The Kier molecular flexibility index (Phi) is 6.20. The highest BCUT2D eigenvalue weighted by molar-refractivity contribution is 8.27. The first kappa shape index (κ1) is 19.5. The molecule has 2 aromatic rings. The number of anilines is 1. The fourth-order valence-electron chi connectivity index (χ4n) is 2.45. The first-order chi connectivity index (χ1) is 13.0. The molecule has 2 aromatic carbocycles. The van der Waals surface area contributed by atoms with Crippen LogP contribution in [0.15, 0.2) is 58.3 Å². The van der Waals surface area contributed by atoms with E-state index in [0.29, 0.717) is 20.5 Å². The van der Waals surface area contributed by atoms with E-state index in [1.165, 1.54) is 16.7 Å². The number of benzene rings is 2. The summed E-state index contributed by atoms with van der Waals surface area (Å²) in [6, 6.07) is 14.6. The van der Waals surface area contributed by atoms with Crippen LogP contribution in [-0.4, -0.2) is 34.2 Å². The van der Waals surface area contributed by atoms with E-state index in [0.717, 1.165) is 10.6 Å². The standard InChI is InChI=1S/C19H15NO4S3/c1-26-14-7-4-6-13(10-14)20-18(23)16(27-19(20)25)9-12-5-2-3-8-15(12)24-11-17(21)22/h2-10H,11H2,1H3,(H,21,22)/b16-9+. The van der Waals surface area contributed by atoms with E-state index in [-0.39, 0.29) is 5.91 Å². The second-order valence-corrected chi connectivity index (χ2v) is 7.99. The summed E-state index contributed by atoms with van der Waals surface area (Å²) in [4.78, 5) is 26.7. The lowest BCUT2D eigenvalue weighted by atomic mass is 10.2. The Labute approximate surface area is 170 Å². The number of nitrogens with zero attached hydrogens (tertiary/aromatic N) is 1. The molecule has 0 unspecified atom stereocenters. The maximum atomic E-state index is 12.9. The van der Waals surface area contributed by atoms with Gasteiger partial charge < -0.3 is 9.84 Å². The number of ether oxygens (including phenoxy) is 1. The molecule has 0 radical (unpaired) electrons. The predicted molar refractivity (Wildman–Crippen MR) is 113 cm³/mol. The molecule has 3 rings (SSSR count). The summed E-state index contributed by atoms with van der Waals surface area (Å²) in [6.45, 7) is -0.451. The van der Waals surface area contributed by atoms with Gasteiger partial charge in [0.2, 0.25) is 0 Å². The van der Waals surface area contributed by atoms with E-state index in [1.54, 1.807) is 42.1 Å². The Bertz CT molecular complexity index is 942. The van der Waals surface area contributed by atoms with Gasteiger partial charge >= 0.3 is 5.97 Å². The Balaban J connectivity index is 1.90. The zero-order valence-electron chi connectivity index (χ0n) is 14.2. The molecule has 0 aliphatic carbocycles. The van der Waals surface area contributed by atoms with Crippen molar-refractivity contribution in [2.75, 3.05) is 17.8 Å². The molecular weight excluding hydrogens is 402 g/mol. The Morgan fingerprint density at radius 1 is 1.30 bits per heavy atom. The van der Waals surface area contributed by atoms with Gasteiger partial charge in [-0.1, -0.05) is 48.2 Å². The number of carbonyl (C=O) groups excluding carboxylic acids is 1. The van der Waals surface area contributed by atoms with Gasteiger partial charge in [0, 0.05) is 10.5 Å². The summed E-state index contributed by atoms with van der Waals surface area (Å²) in [7, 11) is 0. The molecule has 1 amide bonds. The molecule has 0 aromatic heterocycles. The van der Waals surface area contributed by atoms with Crippen LogP contribution in [0.4, 0.5) is 5.69 Å². The minimum atomic E-state index is -1.06. The summed E-state index contributed by atoms with van der Waals surface area (Å²) in [5.41, 5.74) is 1.35. The number of hydrogen-bond donors (Lipinski definition) is 1. The van der Waals surface area contributed by atoms with Crippen molar-refractivity contribution in [2.24, 2.45) is 0 Å². The van der Waals surface area contributed by atoms with Crippen LogP contribution in [0.5, 0.6) is 5.75 Å². The second-order valence-electron chi connectivity index (χ2n) is 5.44. The Morgan fingerprint density at radius 2 is 2.07 bits per heavy atom. The van der Waals surface area contributed by atoms with Crippen LogP contribution in [0, 0.1) is 0 Å². The Hall–Kier alpha value is -2.29. The minimum Gasteiger partial charge on any atom is -0.481 e. The number of carboxylic acid groups (broad SMARTS) is 1. The first-order valence-corrected chi connectivity index (χ1v) is 10.3. The average Bonchev–Trinajstić information content (AvgIpc) is 2.94. The van der Waals surface area contributed by atoms with Crippen LogP contribution in [-0.2, 0) is 9.59 Å². The third kappa shape index (κ3) is 4.52. The van der Waals surface area contributed by atoms with Crippen LogP contribution in [0.1, 0.15) is 5.56 Å². The van der Waals surface area contributed by atoms with Gasteiger partial charge in [-0.2, -0.15) is 0 Å². The average molecular weight is 418 g/mol. The van der Waals surface area contributed by atoms with Crippen LogP contribution >= 0.6 is 35.7 Å². The van der Waals surface area contributed by atoms with Gasteiger partial charge in [0.1, 0.15) is 5.75 Å². The number of amides is 1. The molecule has 0 bridgehead atoms. The van der Waals surface area contributed by atoms with Gasteiger partial charge in [0.05, 0.1) is 10.6 Å². The number of carboxylic acids is 1. The molecule has 1 saturated heterocycles. The molecule has 1 N–H and O–H groups in total. The minimum absolute atomic E-state index is 0.212. The molecule has 27 heavy (non-hydrogen) atoms. The fourth-order valence-corrected chi connectivity index (χ4v) is 4.19. The van der Waals surface area contributed by atoms with Crippen LogP contribution in [0.3, 0.4) is 0 Å². The molecule has 1 fully saturated rings. The Morgan fingerprint density at radius 3 is 2.81 bits per heavy atom. The lowest BCUT2D eigenvalue weighted by molar-refractivity contribution is -0.139. The molecule has 1 heterocycles. The van der Waals surface area contributed by atoms with Gasteiger partial charge in [0.15, 0.2) is 10.9 Å². The number of para-hydroxylation sites is 1. The maximum Gasteiger partial charge on any atom is 0.341 e.